The second kappa shape index (κ2) is 7.51. The Labute approximate surface area is 148 Å². The van der Waals surface area contributed by atoms with Gasteiger partial charge in [-0.1, -0.05) is 30.2 Å². The van der Waals surface area contributed by atoms with Gasteiger partial charge in [0.05, 0.1) is 0 Å². The highest BCUT2D eigenvalue weighted by atomic mass is 16.1. The van der Waals surface area contributed by atoms with E-state index in [0.717, 1.165) is 22.6 Å². The zero-order valence-corrected chi connectivity index (χ0v) is 14.4. The fraction of sp³-hybridized carbons (Fsp3) is 0.0870. The molecule has 0 aromatic heterocycles. The van der Waals surface area contributed by atoms with Gasteiger partial charge in [0, 0.05) is 22.6 Å². The first-order valence-electron chi connectivity index (χ1n) is 8.16. The third kappa shape index (κ3) is 3.97. The van der Waals surface area contributed by atoms with E-state index in [1.807, 2.05) is 24.3 Å². The molecule has 0 heterocycles. The molecule has 0 amide bonds. The summed E-state index contributed by atoms with van der Waals surface area (Å²) in [6.07, 6.45) is 0.611. The lowest BCUT2D eigenvalue weighted by atomic mass is 10.1. The Bertz CT molecular complexity index is 900. The number of hydrogen-bond donors (Lipinski definition) is 0. The number of hydrogen-bond acceptors (Lipinski definition) is 2. The number of aldehydes is 1. The van der Waals surface area contributed by atoms with Gasteiger partial charge >= 0.3 is 0 Å². The normalized spacial score (nSPS) is 9.84. The lowest BCUT2D eigenvalue weighted by Gasteiger charge is -2.26. The SMILES string of the molecule is Cc1cccc(N(c2ccc(C#CC=O)cc2)c2cccc(C)c2)c1. The zero-order valence-electron chi connectivity index (χ0n) is 14.4. The van der Waals surface area contributed by atoms with Crippen molar-refractivity contribution in [1.82, 2.24) is 0 Å². The first-order valence-corrected chi connectivity index (χ1v) is 8.16. The van der Waals surface area contributed by atoms with Gasteiger partial charge in [-0.3, -0.25) is 4.79 Å². The van der Waals surface area contributed by atoms with Gasteiger partial charge in [0.25, 0.3) is 0 Å². The van der Waals surface area contributed by atoms with Crippen molar-refractivity contribution in [1.29, 1.82) is 0 Å². The minimum absolute atomic E-state index is 0.611. The van der Waals surface area contributed by atoms with Crippen LogP contribution in [0.25, 0.3) is 0 Å². The van der Waals surface area contributed by atoms with Crippen LogP contribution in [0.2, 0.25) is 0 Å². The van der Waals surface area contributed by atoms with Crippen LogP contribution in [0, 0.1) is 25.7 Å². The monoisotopic (exact) mass is 325 g/mol. The molecule has 3 rings (SSSR count). The van der Waals surface area contributed by atoms with Gasteiger partial charge in [-0.15, -0.1) is 0 Å². The average Bonchev–Trinajstić information content (AvgIpc) is 2.61. The van der Waals surface area contributed by atoms with E-state index in [9.17, 15) is 4.79 Å². The topological polar surface area (TPSA) is 20.3 Å². The lowest BCUT2D eigenvalue weighted by Crippen LogP contribution is -2.10. The van der Waals surface area contributed by atoms with Gasteiger partial charge in [-0.05, 0) is 79.4 Å². The minimum Gasteiger partial charge on any atom is -0.310 e. The Kier molecular flexibility index (Phi) is 4.97. The summed E-state index contributed by atoms with van der Waals surface area (Å²) in [5.74, 6) is 5.27. The predicted molar refractivity (Wildman–Crippen MR) is 104 cm³/mol. The van der Waals surface area contributed by atoms with Gasteiger partial charge in [0.1, 0.15) is 0 Å². The quantitative estimate of drug-likeness (QED) is 0.479. The zero-order chi connectivity index (χ0) is 17.6. The van der Waals surface area contributed by atoms with Gasteiger partial charge in [0.2, 0.25) is 0 Å². The molecule has 0 saturated carbocycles. The molecule has 0 aliphatic carbocycles. The first kappa shape index (κ1) is 16.5. The molecule has 0 spiro atoms. The van der Waals surface area contributed by atoms with E-state index in [1.54, 1.807) is 0 Å². The maximum Gasteiger partial charge on any atom is 0.193 e. The highest BCUT2D eigenvalue weighted by Gasteiger charge is 2.12. The molecule has 25 heavy (non-hydrogen) atoms. The molecule has 122 valence electrons. The molecule has 0 aliphatic rings. The van der Waals surface area contributed by atoms with Gasteiger partial charge in [0.15, 0.2) is 6.29 Å². The van der Waals surface area contributed by atoms with Crippen molar-refractivity contribution in [2.75, 3.05) is 4.90 Å². The molecule has 0 radical (unpaired) electrons. The minimum atomic E-state index is 0.611. The molecule has 0 aliphatic heterocycles. The van der Waals surface area contributed by atoms with Crippen molar-refractivity contribution in [3.63, 3.8) is 0 Å². The molecule has 0 N–H and O–H groups in total. The molecule has 3 aromatic rings. The van der Waals surface area contributed by atoms with E-state index < -0.39 is 0 Å². The van der Waals surface area contributed by atoms with E-state index in [0.29, 0.717) is 6.29 Å². The summed E-state index contributed by atoms with van der Waals surface area (Å²) in [5, 5.41) is 0. The molecular formula is C23H19NO. The highest BCUT2D eigenvalue weighted by molar-refractivity contribution is 5.78. The fourth-order valence-electron chi connectivity index (χ4n) is 2.79. The van der Waals surface area contributed by atoms with Crippen molar-refractivity contribution in [2.45, 2.75) is 13.8 Å². The van der Waals surface area contributed by atoms with Crippen LogP contribution in [-0.4, -0.2) is 6.29 Å². The molecule has 0 atom stereocenters. The standard InChI is InChI=1S/C23H19NO/c1-18-6-3-9-22(16-18)24(23-10-4-7-19(2)17-23)21-13-11-20(12-14-21)8-5-15-25/h3-4,6-7,9-17H,1-2H3. The number of anilines is 3. The van der Waals surface area contributed by atoms with E-state index >= 15 is 0 Å². The molecular weight excluding hydrogens is 306 g/mol. The maximum absolute atomic E-state index is 10.4. The van der Waals surface area contributed by atoms with E-state index in [1.165, 1.54) is 11.1 Å². The van der Waals surface area contributed by atoms with E-state index in [4.69, 9.17) is 0 Å². The Morgan fingerprint density at radius 3 is 1.80 bits per heavy atom. The van der Waals surface area contributed by atoms with Crippen molar-refractivity contribution in [3.05, 3.63) is 89.5 Å². The number of aryl methyl sites for hydroxylation is 2. The third-order valence-corrected chi connectivity index (χ3v) is 3.92. The summed E-state index contributed by atoms with van der Waals surface area (Å²) in [7, 11) is 0. The van der Waals surface area contributed by atoms with Crippen LogP contribution in [0.1, 0.15) is 16.7 Å². The van der Waals surface area contributed by atoms with Crippen molar-refractivity contribution < 1.29 is 4.79 Å². The summed E-state index contributed by atoms with van der Waals surface area (Å²) < 4.78 is 0. The van der Waals surface area contributed by atoms with Gasteiger partial charge in [-0.25, -0.2) is 0 Å². The van der Waals surface area contributed by atoms with Crippen LogP contribution in [0.15, 0.2) is 72.8 Å². The van der Waals surface area contributed by atoms with Crippen LogP contribution >= 0.6 is 0 Å². The Hall–Kier alpha value is -3.31. The molecule has 3 aromatic carbocycles. The fourth-order valence-corrected chi connectivity index (χ4v) is 2.79. The Morgan fingerprint density at radius 2 is 1.32 bits per heavy atom. The second-order valence-electron chi connectivity index (χ2n) is 5.95. The molecule has 0 unspecified atom stereocenters. The predicted octanol–water partition coefficient (Wildman–Crippen LogP) is 5.32. The van der Waals surface area contributed by atoms with Crippen molar-refractivity contribution >= 4 is 23.3 Å². The second-order valence-corrected chi connectivity index (χ2v) is 5.95. The van der Waals surface area contributed by atoms with Crippen LogP contribution in [0.4, 0.5) is 17.1 Å². The third-order valence-electron chi connectivity index (χ3n) is 3.92. The van der Waals surface area contributed by atoms with E-state index in [2.05, 4.69) is 79.1 Å². The molecule has 0 bridgehead atoms. The average molecular weight is 325 g/mol. The number of benzene rings is 3. The van der Waals surface area contributed by atoms with E-state index in [-0.39, 0.29) is 0 Å². The smallest absolute Gasteiger partial charge is 0.193 e. The number of carbonyl (C=O) groups is 1. The van der Waals surface area contributed by atoms with Gasteiger partial charge in [-0.2, -0.15) is 0 Å². The lowest BCUT2D eigenvalue weighted by molar-refractivity contribution is -0.103. The highest BCUT2D eigenvalue weighted by Crippen LogP contribution is 2.35. The maximum atomic E-state index is 10.4. The largest absolute Gasteiger partial charge is 0.310 e. The van der Waals surface area contributed by atoms with Crippen molar-refractivity contribution in [2.24, 2.45) is 0 Å². The molecule has 2 heteroatoms. The summed E-state index contributed by atoms with van der Waals surface area (Å²) >= 11 is 0. The van der Waals surface area contributed by atoms with Crippen molar-refractivity contribution in [3.8, 4) is 11.8 Å². The Balaban J connectivity index is 2.09. The number of carbonyl (C=O) groups excluding carboxylic acids is 1. The van der Waals surface area contributed by atoms with Crippen LogP contribution in [-0.2, 0) is 4.79 Å². The first-order chi connectivity index (χ1) is 12.2. The number of rotatable bonds is 3. The van der Waals surface area contributed by atoms with Crippen LogP contribution in [0.3, 0.4) is 0 Å². The molecule has 0 fully saturated rings. The molecule has 2 nitrogen and oxygen atoms in total. The van der Waals surface area contributed by atoms with Crippen LogP contribution in [0.5, 0.6) is 0 Å². The molecule has 0 saturated heterocycles. The van der Waals surface area contributed by atoms with Gasteiger partial charge < -0.3 is 4.90 Å². The summed E-state index contributed by atoms with van der Waals surface area (Å²) in [6, 6.07) is 24.8. The summed E-state index contributed by atoms with van der Waals surface area (Å²) in [4.78, 5) is 12.6. The number of nitrogens with zero attached hydrogens (tertiary/aromatic N) is 1. The summed E-state index contributed by atoms with van der Waals surface area (Å²) in [5.41, 5.74) is 6.51. The van der Waals surface area contributed by atoms with Crippen LogP contribution < -0.4 is 4.90 Å². The Morgan fingerprint density at radius 1 is 0.760 bits per heavy atom. The summed E-state index contributed by atoms with van der Waals surface area (Å²) in [6.45, 7) is 4.19.